The maximum atomic E-state index is 3.67. The van der Waals surface area contributed by atoms with Crippen molar-refractivity contribution in [3.05, 3.63) is 35.4 Å². The molecule has 0 amide bonds. The van der Waals surface area contributed by atoms with Gasteiger partial charge in [-0.15, -0.1) is 0 Å². The lowest BCUT2D eigenvalue weighted by Gasteiger charge is -2.22. The van der Waals surface area contributed by atoms with Gasteiger partial charge in [-0.25, -0.2) is 0 Å². The van der Waals surface area contributed by atoms with E-state index < -0.39 is 0 Å². The Morgan fingerprint density at radius 3 is 1.95 bits per heavy atom. The second-order valence-electron chi connectivity index (χ2n) is 6.20. The molecule has 0 aliphatic rings. The summed E-state index contributed by atoms with van der Waals surface area (Å²) in [5, 5.41) is 3.67. The molecule has 0 fully saturated rings. The highest BCUT2D eigenvalue weighted by Crippen LogP contribution is 2.19. The fraction of sp³-hybridized carbons (Fsp3) is 0.647. The molecular weight excluding hydrogens is 232 g/mol. The number of hydrogen-bond donors (Lipinski definition) is 1. The third kappa shape index (κ3) is 5.75. The average Bonchev–Trinajstić information content (AvgIpc) is 2.36. The van der Waals surface area contributed by atoms with Gasteiger partial charge >= 0.3 is 0 Å². The largest absolute Gasteiger partial charge is 0.309 e. The highest BCUT2D eigenvalue weighted by Gasteiger charge is 2.10. The molecule has 0 heterocycles. The minimum Gasteiger partial charge on any atom is -0.309 e. The van der Waals surface area contributed by atoms with Crippen molar-refractivity contribution in [1.82, 2.24) is 10.2 Å². The van der Waals surface area contributed by atoms with E-state index in [2.05, 4.69) is 76.3 Å². The molecule has 1 N–H and O–H groups in total. The van der Waals surface area contributed by atoms with Crippen molar-refractivity contribution in [3.8, 4) is 0 Å². The van der Waals surface area contributed by atoms with E-state index in [-0.39, 0.29) is 0 Å². The van der Waals surface area contributed by atoms with Crippen molar-refractivity contribution in [2.75, 3.05) is 20.6 Å². The monoisotopic (exact) mass is 262 g/mol. The van der Waals surface area contributed by atoms with Crippen molar-refractivity contribution in [2.45, 2.75) is 52.1 Å². The first-order valence-corrected chi connectivity index (χ1v) is 7.40. The predicted molar refractivity (Wildman–Crippen MR) is 84.7 cm³/mol. The zero-order chi connectivity index (χ0) is 14.4. The van der Waals surface area contributed by atoms with Crippen LogP contribution in [0.25, 0.3) is 0 Å². The molecule has 0 radical (unpaired) electrons. The van der Waals surface area contributed by atoms with Crippen LogP contribution in [0.4, 0.5) is 0 Å². The summed E-state index contributed by atoms with van der Waals surface area (Å²) >= 11 is 0. The number of hydrogen-bond acceptors (Lipinski definition) is 2. The van der Waals surface area contributed by atoms with Crippen LogP contribution in [0, 0.1) is 0 Å². The molecule has 0 aliphatic carbocycles. The lowest BCUT2D eigenvalue weighted by atomic mass is 9.99. The van der Waals surface area contributed by atoms with Gasteiger partial charge in [-0.3, -0.25) is 0 Å². The summed E-state index contributed by atoms with van der Waals surface area (Å²) in [6.07, 6.45) is 1.18. The summed E-state index contributed by atoms with van der Waals surface area (Å²) in [4.78, 5) is 2.24. The summed E-state index contributed by atoms with van der Waals surface area (Å²) < 4.78 is 0. The molecule has 1 aromatic rings. The Bertz CT molecular complexity index is 354. The van der Waals surface area contributed by atoms with Crippen LogP contribution >= 0.6 is 0 Å². The first-order valence-electron chi connectivity index (χ1n) is 7.40. The average molecular weight is 262 g/mol. The molecule has 0 bridgehead atoms. The van der Waals surface area contributed by atoms with Crippen LogP contribution in [0.1, 0.15) is 57.2 Å². The van der Waals surface area contributed by atoms with Crippen molar-refractivity contribution < 1.29 is 0 Å². The number of nitrogens with one attached hydrogen (secondary N) is 1. The predicted octanol–water partition coefficient (Wildman–Crippen LogP) is 3.80. The molecule has 0 spiro atoms. The minimum atomic E-state index is 0.415. The normalized spacial score (nSPS) is 14.9. The topological polar surface area (TPSA) is 15.3 Å². The van der Waals surface area contributed by atoms with Gasteiger partial charge in [0.2, 0.25) is 0 Å². The van der Waals surface area contributed by atoms with Crippen LogP contribution in [0.3, 0.4) is 0 Å². The van der Waals surface area contributed by atoms with E-state index in [9.17, 15) is 0 Å². The first-order chi connectivity index (χ1) is 8.90. The van der Waals surface area contributed by atoms with Gasteiger partial charge in [0.15, 0.2) is 0 Å². The standard InChI is InChI=1S/C17H30N2/c1-13(2)16-7-9-17(10-8-16)15(4)18-14(3)11-12-19(5)6/h7-10,13-15,18H,11-12H2,1-6H3. The smallest absolute Gasteiger partial charge is 0.0294 e. The summed E-state index contributed by atoms with van der Waals surface area (Å²) in [6.45, 7) is 10.1. The van der Waals surface area contributed by atoms with Crippen LogP contribution in [0.5, 0.6) is 0 Å². The maximum Gasteiger partial charge on any atom is 0.0294 e. The Labute approximate surface area is 119 Å². The van der Waals surface area contributed by atoms with Crippen LogP contribution in [-0.2, 0) is 0 Å². The third-order valence-corrected chi connectivity index (χ3v) is 3.65. The summed E-state index contributed by atoms with van der Waals surface area (Å²) in [6, 6.07) is 9.98. The Morgan fingerprint density at radius 1 is 0.947 bits per heavy atom. The van der Waals surface area contributed by atoms with Crippen LogP contribution in [-0.4, -0.2) is 31.6 Å². The Morgan fingerprint density at radius 2 is 1.47 bits per heavy atom. The van der Waals surface area contributed by atoms with E-state index in [1.54, 1.807) is 0 Å². The zero-order valence-corrected chi connectivity index (χ0v) is 13.4. The summed E-state index contributed by atoms with van der Waals surface area (Å²) in [5.41, 5.74) is 2.79. The summed E-state index contributed by atoms with van der Waals surface area (Å²) in [5.74, 6) is 0.608. The van der Waals surface area contributed by atoms with Crippen molar-refractivity contribution >= 4 is 0 Å². The molecule has 1 aromatic carbocycles. The molecule has 2 nitrogen and oxygen atoms in total. The van der Waals surface area contributed by atoms with Crippen LogP contribution in [0.2, 0.25) is 0 Å². The van der Waals surface area contributed by atoms with E-state index in [1.165, 1.54) is 17.5 Å². The zero-order valence-electron chi connectivity index (χ0n) is 13.4. The number of rotatable bonds is 7. The van der Waals surface area contributed by atoms with E-state index in [0.29, 0.717) is 18.0 Å². The summed E-state index contributed by atoms with van der Waals surface area (Å²) in [7, 11) is 4.25. The van der Waals surface area contributed by atoms with Gasteiger partial charge < -0.3 is 10.2 Å². The number of nitrogens with zero attached hydrogens (tertiary/aromatic N) is 1. The second kappa shape index (κ2) is 7.66. The molecule has 2 atom stereocenters. The molecule has 19 heavy (non-hydrogen) atoms. The van der Waals surface area contributed by atoms with Crippen molar-refractivity contribution in [2.24, 2.45) is 0 Å². The third-order valence-electron chi connectivity index (χ3n) is 3.65. The first kappa shape index (κ1) is 16.2. The Kier molecular flexibility index (Phi) is 6.53. The molecule has 1 rings (SSSR count). The molecule has 0 saturated carbocycles. The van der Waals surface area contributed by atoms with Gasteiger partial charge in [0, 0.05) is 12.1 Å². The lowest BCUT2D eigenvalue weighted by molar-refractivity contribution is 0.354. The second-order valence-corrected chi connectivity index (χ2v) is 6.20. The number of benzene rings is 1. The van der Waals surface area contributed by atoms with Crippen LogP contribution < -0.4 is 5.32 Å². The molecule has 108 valence electrons. The van der Waals surface area contributed by atoms with E-state index in [0.717, 1.165) is 6.54 Å². The highest BCUT2D eigenvalue weighted by atomic mass is 15.1. The Balaban J connectivity index is 2.50. The molecule has 2 unspecified atom stereocenters. The van der Waals surface area contributed by atoms with E-state index >= 15 is 0 Å². The quantitative estimate of drug-likeness (QED) is 0.804. The molecular formula is C17H30N2. The molecule has 2 heteroatoms. The SMILES string of the molecule is CC(CCN(C)C)NC(C)c1ccc(C(C)C)cc1. The fourth-order valence-electron chi connectivity index (χ4n) is 2.23. The van der Waals surface area contributed by atoms with Gasteiger partial charge in [-0.1, -0.05) is 38.1 Å². The van der Waals surface area contributed by atoms with E-state index in [4.69, 9.17) is 0 Å². The van der Waals surface area contributed by atoms with Gasteiger partial charge in [-0.05, 0) is 58.0 Å². The molecule has 0 aliphatic heterocycles. The van der Waals surface area contributed by atoms with Gasteiger partial charge in [-0.2, -0.15) is 0 Å². The van der Waals surface area contributed by atoms with Gasteiger partial charge in [0.25, 0.3) is 0 Å². The molecule has 0 aromatic heterocycles. The maximum absolute atomic E-state index is 3.67. The molecule has 0 saturated heterocycles. The fourth-order valence-corrected chi connectivity index (χ4v) is 2.23. The Hall–Kier alpha value is -0.860. The van der Waals surface area contributed by atoms with Gasteiger partial charge in [0.05, 0.1) is 0 Å². The lowest BCUT2D eigenvalue weighted by Crippen LogP contribution is -2.31. The minimum absolute atomic E-state index is 0.415. The van der Waals surface area contributed by atoms with Crippen molar-refractivity contribution in [1.29, 1.82) is 0 Å². The van der Waals surface area contributed by atoms with E-state index in [1.807, 2.05) is 0 Å². The van der Waals surface area contributed by atoms with Crippen molar-refractivity contribution in [3.63, 3.8) is 0 Å². The highest BCUT2D eigenvalue weighted by molar-refractivity contribution is 5.26. The van der Waals surface area contributed by atoms with Crippen LogP contribution in [0.15, 0.2) is 24.3 Å². The van der Waals surface area contributed by atoms with Gasteiger partial charge in [0.1, 0.15) is 0 Å².